The minimum Gasteiger partial charge on any atom is -0.399 e. The number of benzene rings is 3. The molecule has 0 bridgehead atoms. The number of nitrogen functional groups attached to an aromatic ring is 1. The van der Waals surface area contributed by atoms with Crippen LogP contribution in [-0.2, 0) is 6.54 Å². The number of nitrogens with two attached hydrogens (primary N) is 1. The summed E-state index contributed by atoms with van der Waals surface area (Å²) in [6, 6.07) is 25.3. The molecule has 1 aromatic heterocycles. The molecule has 4 aromatic rings. The largest absolute Gasteiger partial charge is 0.399 e. The highest BCUT2D eigenvalue weighted by Crippen LogP contribution is 2.31. The van der Waals surface area contributed by atoms with Crippen LogP contribution in [0.5, 0.6) is 0 Å². The van der Waals surface area contributed by atoms with E-state index in [-0.39, 0.29) is 0 Å². The standard InChI is InChI=1S/C20H18N2S/c21-15-10-11-20-18(14-15)17-8-4-5-9-19(17)22(20)12-13-23-16-6-2-1-3-7-16/h1-11,14H,12-13,21H2. The summed E-state index contributed by atoms with van der Waals surface area (Å²) in [4.78, 5) is 1.32. The Hall–Kier alpha value is -2.39. The lowest BCUT2D eigenvalue weighted by atomic mass is 10.1. The molecular formula is C20H18N2S. The Morgan fingerprint density at radius 2 is 1.52 bits per heavy atom. The summed E-state index contributed by atoms with van der Waals surface area (Å²) < 4.78 is 2.40. The van der Waals surface area contributed by atoms with Gasteiger partial charge in [-0.2, -0.15) is 0 Å². The van der Waals surface area contributed by atoms with Gasteiger partial charge in [-0.05, 0) is 36.4 Å². The summed E-state index contributed by atoms with van der Waals surface area (Å²) >= 11 is 1.89. The van der Waals surface area contributed by atoms with Crippen LogP contribution in [0, 0.1) is 0 Å². The van der Waals surface area contributed by atoms with Gasteiger partial charge in [0.05, 0.1) is 0 Å². The van der Waals surface area contributed by atoms with Crippen molar-refractivity contribution in [1.82, 2.24) is 4.57 Å². The van der Waals surface area contributed by atoms with E-state index in [0.29, 0.717) is 0 Å². The molecule has 0 amide bonds. The van der Waals surface area contributed by atoms with Crippen molar-refractivity contribution in [3.8, 4) is 0 Å². The number of nitrogens with zero attached hydrogens (tertiary/aromatic N) is 1. The lowest BCUT2D eigenvalue weighted by Gasteiger charge is -2.07. The molecule has 1 heterocycles. The maximum Gasteiger partial charge on any atom is 0.0493 e. The summed E-state index contributed by atoms with van der Waals surface area (Å²) in [5.41, 5.74) is 9.34. The van der Waals surface area contributed by atoms with Gasteiger partial charge in [0.25, 0.3) is 0 Å². The number of hydrogen-bond donors (Lipinski definition) is 1. The van der Waals surface area contributed by atoms with Gasteiger partial charge in [-0.3, -0.25) is 0 Å². The summed E-state index contributed by atoms with van der Waals surface area (Å²) in [5.74, 6) is 1.04. The van der Waals surface area contributed by atoms with E-state index in [1.165, 1.54) is 26.7 Å². The molecular weight excluding hydrogens is 300 g/mol. The number of thioether (sulfide) groups is 1. The zero-order chi connectivity index (χ0) is 15.6. The second-order valence-electron chi connectivity index (χ2n) is 5.61. The smallest absolute Gasteiger partial charge is 0.0493 e. The first-order valence-electron chi connectivity index (χ1n) is 7.77. The maximum atomic E-state index is 5.99. The Labute approximate surface area is 139 Å². The first-order chi connectivity index (χ1) is 11.3. The van der Waals surface area contributed by atoms with Crippen molar-refractivity contribution in [3.05, 3.63) is 72.8 Å². The molecule has 3 heteroatoms. The van der Waals surface area contributed by atoms with Crippen molar-refractivity contribution >= 4 is 39.3 Å². The SMILES string of the molecule is Nc1ccc2c(c1)c1ccccc1n2CCSc1ccccc1. The van der Waals surface area contributed by atoms with Crippen LogP contribution in [0.2, 0.25) is 0 Å². The molecule has 0 aliphatic heterocycles. The Morgan fingerprint density at radius 1 is 0.783 bits per heavy atom. The fourth-order valence-corrected chi connectivity index (χ4v) is 3.94. The van der Waals surface area contributed by atoms with Gasteiger partial charge >= 0.3 is 0 Å². The quantitative estimate of drug-likeness (QED) is 0.416. The van der Waals surface area contributed by atoms with E-state index in [2.05, 4.69) is 71.3 Å². The molecule has 3 aromatic carbocycles. The molecule has 23 heavy (non-hydrogen) atoms. The summed E-state index contributed by atoms with van der Waals surface area (Å²) in [6.07, 6.45) is 0. The average molecular weight is 318 g/mol. The summed E-state index contributed by atoms with van der Waals surface area (Å²) in [6.45, 7) is 0.980. The van der Waals surface area contributed by atoms with E-state index >= 15 is 0 Å². The van der Waals surface area contributed by atoms with Crippen molar-refractivity contribution in [2.75, 3.05) is 11.5 Å². The normalized spacial score (nSPS) is 11.3. The molecule has 0 atom stereocenters. The van der Waals surface area contributed by atoms with E-state index < -0.39 is 0 Å². The van der Waals surface area contributed by atoms with Crippen molar-refractivity contribution in [2.24, 2.45) is 0 Å². The van der Waals surface area contributed by atoms with Crippen LogP contribution >= 0.6 is 11.8 Å². The van der Waals surface area contributed by atoms with Gasteiger partial charge in [-0.25, -0.2) is 0 Å². The third kappa shape index (κ3) is 2.68. The Bertz CT molecular complexity index is 957. The molecule has 0 aliphatic carbocycles. The number of para-hydroxylation sites is 1. The first-order valence-corrected chi connectivity index (χ1v) is 8.76. The molecule has 0 spiro atoms. The highest BCUT2D eigenvalue weighted by atomic mass is 32.2. The van der Waals surface area contributed by atoms with Gasteiger partial charge in [0.1, 0.15) is 0 Å². The fourth-order valence-electron chi connectivity index (χ4n) is 3.08. The fraction of sp³-hybridized carbons (Fsp3) is 0.100. The van der Waals surface area contributed by atoms with E-state index in [1.54, 1.807) is 0 Å². The van der Waals surface area contributed by atoms with Crippen LogP contribution in [0.25, 0.3) is 21.8 Å². The Kier molecular flexibility index (Phi) is 3.72. The minimum atomic E-state index is 0.819. The highest BCUT2D eigenvalue weighted by molar-refractivity contribution is 7.99. The summed E-state index contributed by atoms with van der Waals surface area (Å²) in [7, 11) is 0. The second kappa shape index (κ2) is 6.01. The molecule has 0 fully saturated rings. The van der Waals surface area contributed by atoms with Gasteiger partial charge in [0.2, 0.25) is 0 Å². The van der Waals surface area contributed by atoms with Crippen molar-refractivity contribution < 1.29 is 0 Å². The van der Waals surface area contributed by atoms with Crippen LogP contribution in [0.4, 0.5) is 5.69 Å². The Balaban J connectivity index is 1.70. The minimum absolute atomic E-state index is 0.819. The average Bonchev–Trinajstić information content (AvgIpc) is 2.90. The van der Waals surface area contributed by atoms with E-state index in [1.807, 2.05) is 17.8 Å². The van der Waals surface area contributed by atoms with Gasteiger partial charge < -0.3 is 10.3 Å². The van der Waals surface area contributed by atoms with Crippen molar-refractivity contribution in [3.63, 3.8) is 0 Å². The molecule has 2 N–H and O–H groups in total. The van der Waals surface area contributed by atoms with Crippen LogP contribution < -0.4 is 5.73 Å². The number of aromatic nitrogens is 1. The van der Waals surface area contributed by atoms with E-state index in [0.717, 1.165) is 18.0 Å². The molecule has 0 unspecified atom stereocenters. The van der Waals surface area contributed by atoms with Gasteiger partial charge in [-0.15, -0.1) is 11.8 Å². The monoisotopic (exact) mass is 318 g/mol. The molecule has 0 aliphatic rings. The second-order valence-corrected chi connectivity index (χ2v) is 6.78. The number of hydrogen-bond acceptors (Lipinski definition) is 2. The lowest BCUT2D eigenvalue weighted by Crippen LogP contribution is -2.00. The highest BCUT2D eigenvalue weighted by Gasteiger charge is 2.10. The lowest BCUT2D eigenvalue weighted by molar-refractivity contribution is 0.837. The molecule has 4 rings (SSSR count). The zero-order valence-corrected chi connectivity index (χ0v) is 13.6. The summed E-state index contributed by atoms with van der Waals surface area (Å²) in [5, 5.41) is 2.52. The van der Waals surface area contributed by atoms with Crippen LogP contribution in [0.15, 0.2) is 77.7 Å². The number of anilines is 1. The molecule has 0 radical (unpaired) electrons. The molecule has 114 valence electrons. The first kappa shape index (κ1) is 14.2. The Morgan fingerprint density at radius 3 is 2.39 bits per heavy atom. The molecule has 2 nitrogen and oxygen atoms in total. The molecule has 0 saturated carbocycles. The number of rotatable bonds is 4. The molecule has 0 saturated heterocycles. The van der Waals surface area contributed by atoms with Gasteiger partial charge in [0.15, 0.2) is 0 Å². The van der Waals surface area contributed by atoms with E-state index in [9.17, 15) is 0 Å². The number of aryl methyl sites for hydroxylation is 1. The third-order valence-corrected chi connectivity index (χ3v) is 5.12. The predicted octanol–water partition coefficient (Wildman–Crippen LogP) is 5.17. The predicted molar refractivity (Wildman–Crippen MR) is 101 cm³/mol. The maximum absolute atomic E-state index is 5.99. The van der Waals surface area contributed by atoms with Crippen molar-refractivity contribution in [2.45, 2.75) is 11.4 Å². The zero-order valence-electron chi connectivity index (χ0n) is 12.8. The van der Waals surface area contributed by atoms with Crippen LogP contribution in [0.3, 0.4) is 0 Å². The van der Waals surface area contributed by atoms with Gasteiger partial charge in [-0.1, -0.05) is 36.4 Å². The topological polar surface area (TPSA) is 30.9 Å². The van der Waals surface area contributed by atoms with Gasteiger partial charge in [0, 0.05) is 44.7 Å². The van der Waals surface area contributed by atoms with E-state index in [4.69, 9.17) is 5.73 Å². The third-order valence-electron chi connectivity index (χ3n) is 4.12. The number of fused-ring (bicyclic) bond motifs is 3. The van der Waals surface area contributed by atoms with Crippen LogP contribution in [-0.4, -0.2) is 10.3 Å². The van der Waals surface area contributed by atoms with Crippen LogP contribution in [0.1, 0.15) is 0 Å². The van der Waals surface area contributed by atoms with Crippen molar-refractivity contribution in [1.29, 1.82) is 0 Å².